The molecule has 0 aliphatic carbocycles. The Balaban J connectivity index is 0.00000363. The quantitative estimate of drug-likeness (QED) is 0.231. The Morgan fingerprint density at radius 3 is 2.59 bits per heavy atom. The van der Waals surface area contributed by atoms with Crippen LogP contribution in [0.15, 0.2) is 47.5 Å². The number of imidazole rings is 1. The molecular weight excluding hydrogens is 531 g/mol. The van der Waals surface area contributed by atoms with Crippen molar-refractivity contribution in [3.05, 3.63) is 53.9 Å². The first kappa shape index (κ1) is 25.6. The van der Waals surface area contributed by atoms with Gasteiger partial charge in [0, 0.05) is 32.3 Å². The monoisotopic (exact) mass is 559 g/mol. The van der Waals surface area contributed by atoms with Gasteiger partial charge < -0.3 is 24.7 Å². The summed E-state index contributed by atoms with van der Waals surface area (Å²) in [5.41, 5.74) is 2.53. The minimum Gasteiger partial charge on any atom is -0.493 e. The van der Waals surface area contributed by atoms with E-state index >= 15 is 0 Å². The molecule has 3 rings (SSSR count). The molecule has 0 unspecified atom stereocenters. The number of ether oxygens (including phenoxy) is 2. The fourth-order valence-electron chi connectivity index (χ4n) is 3.11. The fraction of sp³-hybridized carbons (Fsp3) is 0.364. The van der Waals surface area contributed by atoms with Crippen molar-refractivity contribution in [2.45, 2.75) is 33.0 Å². The van der Waals surface area contributed by atoms with Crippen molar-refractivity contribution >= 4 is 41.0 Å². The maximum absolute atomic E-state index is 12.9. The van der Waals surface area contributed by atoms with Crippen molar-refractivity contribution < 1.29 is 18.3 Å². The van der Waals surface area contributed by atoms with Crippen LogP contribution in [0, 0.1) is 0 Å². The van der Waals surface area contributed by atoms with Gasteiger partial charge in [0.1, 0.15) is 17.3 Å². The van der Waals surface area contributed by atoms with Gasteiger partial charge in [-0.05, 0) is 30.7 Å². The number of hydrogen-bond acceptors (Lipinski definition) is 4. The van der Waals surface area contributed by atoms with Crippen molar-refractivity contribution in [3.63, 3.8) is 0 Å². The van der Waals surface area contributed by atoms with E-state index in [-0.39, 0.29) is 36.3 Å². The standard InChI is InChI=1S/C22H27F2N5O2.HI/c1-4-11-30-16-10-9-15(19(12-16)31-21(23)24)13-26-22(25-2)27-14-20-28-17-7-5-6-8-18(17)29(20)3;/h5-10,12,21H,4,11,13-14H2,1-3H3,(H2,25,26,27);1H. The average molecular weight is 559 g/mol. The van der Waals surface area contributed by atoms with Crippen molar-refractivity contribution in [3.8, 4) is 11.5 Å². The molecule has 0 amide bonds. The Kier molecular flexibility index (Phi) is 9.95. The van der Waals surface area contributed by atoms with Crippen LogP contribution in [-0.2, 0) is 20.1 Å². The van der Waals surface area contributed by atoms with Gasteiger partial charge in [0.15, 0.2) is 5.96 Å². The van der Waals surface area contributed by atoms with E-state index in [0.717, 1.165) is 23.3 Å². The number of aliphatic imine (C=N–C) groups is 1. The summed E-state index contributed by atoms with van der Waals surface area (Å²) in [5.74, 6) is 1.93. The minimum absolute atomic E-state index is 0. The molecule has 10 heteroatoms. The lowest BCUT2D eigenvalue weighted by Gasteiger charge is -2.16. The number of benzene rings is 2. The molecule has 0 saturated heterocycles. The third kappa shape index (κ3) is 6.68. The van der Waals surface area contributed by atoms with Gasteiger partial charge in [-0.1, -0.05) is 19.1 Å². The summed E-state index contributed by atoms with van der Waals surface area (Å²) in [4.78, 5) is 8.81. The normalized spacial score (nSPS) is 11.4. The highest BCUT2D eigenvalue weighted by molar-refractivity contribution is 14.0. The highest BCUT2D eigenvalue weighted by atomic mass is 127. The molecule has 0 saturated carbocycles. The third-order valence-corrected chi connectivity index (χ3v) is 4.69. The van der Waals surface area contributed by atoms with E-state index in [2.05, 4.69) is 25.3 Å². The zero-order chi connectivity index (χ0) is 22.2. The molecule has 3 aromatic rings. The van der Waals surface area contributed by atoms with Crippen LogP contribution in [0.4, 0.5) is 8.78 Å². The molecule has 2 aromatic carbocycles. The Morgan fingerprint density at radius 2 is 1.91 bits per heavy atom. The van der Waals surface area contributed by atoms with E-state index in [1.54, 1.807) is 19.2 Å². The van der Waals surface area contributed by atoms with Crippen LogP contribution in [-0.4, -0.2) is 35.8 Å². The first-order valence-corrected chi connectivity index (χ1v) is 10.1. The van der Waals surface area contributed by atoms with Gasteiger partial charge in [0.25, 0.3) is 0 Å². The number of alkyl halides is 2. The van der Waals surface area contributed by atoms with Crippen LogP contribution < -0.4 is 20.1 Å². The molecule has 0 fully saturated rings. The Hall–Kier alpha value is -2.63. The zero-order valence-corrected chi connectivity index (χ0v) is 20.6. The second-order valence-electron chi connectivity index (χ2n) is 6.85. The third-order valence-electron chi connectivity index (χ3n) is 4.69. The zero-order valence-electron chi connectivity index (χ0n) is 18.3. The lowest BCUT2D eigenvalue weighted by Crippen LogP contribution is -2.37. The van der Waals surface area contributed by atoms with Crippen LogP contribution in [0.3, 0.4) is 0 Å². The molecule has 7 nitrogen and oxygen atoms in total. The molecule has 1 heterocycles. The summed E-state index contributed by atoms with van der Waals surface area (Å²) in [7, 11) is 3.60. The Morgan fingerprint density at radius 1 is 1.16 bits per heavy atom. The first-order valence-electron chi connectivity index (χ1n) is 10.1. The van der Waals surface area contributed by atoms with Crippen molar-refractivity contribution in [1.29, 1.82) is 0 Å². The average Bonchev–Trinajstić information content (AvgIpc) is 3.08. The van der Waals surface area contributed by atoms with Crippen LogP contribution in [0.5, 0.6) is 11.5 Å². The van der Waals surface area contributed by atoms with Crippen molar-refractivity contribution in [2.24, 2.45) is 12.0 Å². The molecule has 0 aliphatic rings. The molecule has 32 heavy (non-hydrogen) atoms. The number of halogens is 3. The van der Waals surface area contributed by atoms with E-state index in [1.165, 1.54) is 6.07 Å². The Labute approximate surface area is 203 Å². The first-order chi connectivity index (χ1) is 15.0. The maximum atomic E-state index is 12.9. The summed E-state index contributed by atoms with van der Waals surface area (Å²) in [6.45, 7) is 0.258. The smallest absolute Gasteiger partial charge is 0.387 e. The molecule has 0 bridgehead atoms. The minimum atomic E-state index is -2.92. The SMILES string of the molecule is CCCOc1ccc(CNC(=NC)NCc2nc3ccccc3n2C)c(OC(F)F)c1.I. The van der Waals surface area contributed by atoms with Gasteiger partial charge in [-0.25, -0.2) is 4.98 Å². The van der Waals surface area contributed by atoms with E-state index in [1.807, 2.05) is 42.8 Å². The lowest BCUT2D eigenvalue weighted by molar-refractivity contribution is -0.0505. The van der Waals surface area contributed by atoms with Crippen LogP contribution in [0.2, 0.25) is 0 Å². The van der Waals surface area contributed by atoms with E-state index in [4.69, 9.17) is 4.74 Å². The molecular formula is C22H28F2IN5O2. The van der Waals surface area contributed by atoms with Crippen LogP contribution in [0.1, 0.15) is 24.7 Å². The number of fused-ring (bicyclic) bond motifs is 1. The number of hydrogen-bond donors (Lipinski definition) is 2. The van der Waals surface area contributed by atoms with Gasteiger partial charge in [0.05, 0.1) is 24.2 Å². The molecule has 174 valence electrons. The highest BCUT2D eigenvalue weighted by Crippen LogP contribution is 2.26. The number of nitrogens with zero attached hydrogens (tertiary/aromatic N) is 3. The molecule has 2 N–H and O–H groups in total. The molecule has 0 spiro atoms. The van der Waals surface area contributed by atoms with Gasteiger partial charge in [-0.15, -0.1) is 24.0 Å². The Bertz CT molecular complexity index is 1040. The summed E-state index contributed by atoms with van der Waals surface area (Å²) in [6, 6.07) is 12.8. The van der Waals surface area contributed by atoms with E-state index in [0.29, 0.717) is 30.4 Å². The van der Waals surface area contributed by atoms with Crippen molar-refractivity contribution in [1.82, 2.24) is 20.2 Å². The summed E-state index contributed by atoms with van der Waals surface area (Å²) in [5, 5.41) is 6.32. The molecule has 0 atom stereocenters. The topological polar surface area (TPSA) is 72.7 Å². The largest absolute Gasteiger partial charge is 0.493 e. The number of para-hydroxylation sites is 2. The fourth-order valence-corrected chi connectivity index (χ4v) is 3.11. The second-order valence-corrected chi connectivity index (χ2v) is 6.85. The molecule has 0 radical (unpaired) electrons. The highest BCUT2D eigenvalue weighted by Gasteiger charge is 2.13. The predicted octanol–water partition coefficient (Wildman–Crippen LogP) is 4.45. The molecule has 1 aromatic heterocycles. The van der Waals surface area contributed by atoms with Gasteiger partial charge in [-0.2, -0.15) is 8.78 Å². The number of guanidine groups is 1. The second kappa shape index (κ2) is 12.4. The number of aromatic nitrogens is 2. The van der Waals surface area contributed by atoms with Crippen LogP contribution >= 0.6 is 24.0 Å². The molecule has 0 aliphatic heterocycles. The summed E-state index contributed by atoms with van der Waals surface area (Å²) < 4.78 is 37.9. The number of nitrogens with one attached hydrogen (secondary N) is 2. The lowest BCUT2D eigenvalue weighted by atomic mass is 10.2. The maximum Gasteiger partial charge on any atom is 0.387 e. The number of aryl methyl sites for hydroxylation is 1. The van der Waals surface area contributed by atoms with Gasteiger partial charge in [0.2, 0.25) is 0 Å². The van der Waals surface area contributed by atoms with Gasteiger partial charge in [-0.3, -0.25) is 4.99 Å². The number of rotatable bonds is 9. The van der Waals surface area contributed by atoms with E-state index < -0.39 is 6.61 Å². The van der Waals surface area contributed by atoms with Crippen LogP contribution in [0.25, 0.3) is 11.0 Å². The van der Waals surface area contributed by atoms with Crippen molar-refractivity contribution in [2.75, 3.05) is 13.7 Å². The van der Waals surface area contributed by atoms with E-state index in [9.17, 15) is 8.78 Å². The summed E-state index contributed by atoms with van der Waals surface area (Å²) in [6.07, 6.45) is 0.821. The van der Waals surface area contributed by atoms with Gasteiger partial charge >= 0.3 is 6.61 Å². The summed E-state index contributed by atoms with van der Waals surface area (Å²) >= 11 is 0. The predicted molar refractivity (Wildman–Crippen MR) is 132 cm³/mol.